The predicted octanol–water partition coefficient (Wildman–Crippen LogP) is 2.90. The van der Waals surface area contributed by atoms with Gasteiger partial charge in [0.1, 0.15) is 0 Å². The highest BCUT2D eigenvalue weighted by Gasteiger charge is 2.30. The van der Waals surface area contributed by atoms with Crippen LogP contribution in [0.1, 0.15) is 47.5 Å². The summed E-state index contributed by atoms with van der Waals surface area (Å²) in [6.07, 6.45) is 2.62. The first kappa shape index (κ1) is 13.1. The molecule has 0 fully saturated rings. The molecule has 0 bridgehead atoms. The van der Waals surface area contributed by atoms with Crippen LogP contribution in [-0.2, 0) is 0 Å². The van der Waals surface area contributed by atoms with E-state index in [0.717, 1.165) is 0 Å². The molecule has 0 aromatic carbocycles. The summed E-state index contributed by atoms with van der Waals surface area (Å²) in [6.45, 7) is 16.6. The van der Waals surface area contributed by atoms with Crippen LogP contribution in [0.2, 0.25) is 0 Å². The Balaban J connectivity index is 2.07. The molecule has 0 saturated carbocycles. The molecule has 0 radical (unpaired) electrons. The van der Waals surface area contributed by atoms with E-state index in [0.29, 0.717) is 11.6 Å². The molecule has 2 nitrogen and oxygen atoms in total. The standard InChI is InChI=1S/C15H28N2/c1-12(2)16-8-6-13-7-9-17(15(3,4)5)11-14(13)10-16/h12H,6-11H2,1-5H3. The van der Waals surface area contributed by atoms with Crippen LogP contribution in [0.15, 0.2) is 11.1 Å². The zero-order chi connectivity index (χ0) is 12.6. The first-order valence-electron chi connectivity index (χ1n) is 7.07. The van der Waals surface area contributed by atoms with Gasteiger partial charge in [0.25, 0.3) is 0 Å². The Hall–Kier alpha value is -0.340. The van der Waals surface area contributed by atoms with Gasteiger partial charge in [0, 0.05) is 37.8 Å². The molecule has 2 heterocycles. The van der Waals surface area contributed by atoms with Crippen molar-refractivity contribution in [2.24, 2.45) is 0 Å². The number of nitrogens with zero attached hydrogens (tertiary/aromatic N) is 2. The average molecular weight is 236 g/mol. The lowest BCUT2D eigenvalue weighted by Gasteiger charge is -2.44. The highest BCUT2D eigenvalue weighted by atomic mass is 15.2. The third-order valence-corrected chi connectivity index (χ3v) is 4.34. The molecule has 2 aliphatic rings. The molecule has 0 aliphatic carbocycles. The molecule has 17 heavy (non-hydrogen) atoms. The van der Waals surface area contributed by atoms with Crippen LogP contribution in [0, 0.1) is 0 Å². The van der Waals surface area contributed by atoms with E-state index in [1.54, 1.807) is 11.1 Å². The van der Waals surface area contributed by atoms with E-state index in [-0.39, 0.29) is 0 Å². The lowest BCUT2D eigenvalue weighted by atomic mass is 9.90. The van der Waals surface area contributed by atoms with Gasteiger partial charge in [-0.2, -0.15) is 0 Å². The van der Waals surface area contributed by atoms with E-state index in [2.05, 4.69) is 44.4 Å². The average Bonchev–Trinajstić information content (AvgIpc) is 2.26. The van der Waals surface area contributed by atoms with E-state index in [9.17, 15) is 0 Å². The molecule has 2 rings (SSSR count). The van der Waals surface area contributed by atoms with Crippen molar-refractivity contribution in [2.45, 2.75) is 59.0 Å². The van der Waals surface area contributed by atoms with E-state index < -0.39 is 0 Å². The van der Waals surface area contributed by atoms with E-state index in [1.165, 1.54) is 39.0 Å². The Morgan fingerprint density at radius 2 is 1.59 bits per heavy atom. The molecule has 0 N–H and O–H groups in total. The summed E-state index contributed by atoms with van der Waals surface area (Å²) in [4.78, 5) is 5.25. The summed E-state index contributed by atoms with van der Waals surface area (Å²) in [5.41, 5.74) is 3.80. The van der Waals surface area contributed by atoms with Crippen molar-refractivity contribution in [3.63, 3.8) is 0 Å². The second kappa shape index (κ2) is 4.74. The SMILES string of the molecule is CC(C)N1CCC2=C(C1)CN(C(C)(C)C)CC2. The topological polar surface area (TPSA) is 6.48 Å². The van der Waals surface area contributed by atoms with Crippen LogP contribution in [0.25, 0.3) is 0 Å². The van der Waals surface area contributed by atoms with Gasteiger partial charge in [-0.15, -0.1) is 0 Å². The fourth-order valence-corrected chi connectivity index (χ4v) is 2.95. The van der Waals surface area contributed by atoms with Gasteiger partial charge in [0.2, 0.25) is 0 Å². The van der Waals surface area contributed by atoms with Gasteiger partial charge in [-0.05, 0) is 53.0 Å². The molecule has 0 unspecified atom stereocenters. The number of hydrogen-bond acceptors (Lipinski definition) is 2. The first-order valence-corrected chi connectivity index (χ1v) is 7.07. The summed E-state index contributed by atoms with van der Waals surface area (Å²) < 4.78 is 0. The van der Waals surface area contributed by atoms with Crippen LogP contribution < -0.4 is 0 Å². The smallest absolute Gasteiger partial charge is 0.0213 e. The molecular formula is C15H28N2. The fourth-order valence-electron chi connectivity index (χ4n) is 2.95. The van der Waals surface area contributed by atoms with E-state index >= 15 is 0 Å². The molecule has 98 valence electrons. The molecule has 0 atom stereocenters. The third-order valence-electron chi connectivity index (χ3n) is 4.34. The van der Waals surface area contributed by atoms with Crippen LogP contribution >= 0.6 is 0 Å². The van der Waals surface area contributed by atoms with E-state index in [4.69, 9.17) is 0 Å². The zero-order valence-electron chi connectivity index (χ0n) is 12.2. The molecular weight excluding hydrogens is 208 g/mol. The maximum absolute atomic E-state index is 2.63. The molecule has 2 heteroatoms. The molecule has 0 amide bonds. The van der Waals surface area contributed by atoms with Crippen molar-refractivity contribution in [3.05, 3.63) is 11.1 Å². The third kappa shape index (κ3) is 2.92. The van der Waals surface area contributed by atoms with Gasteiger partial charge >= 0.3 is 0 Å². The van der Waals surface area contributed by atoms with E-state index in [1.807, 2.05) is 0 Å². The van der Waals surface area contributed by atoms with Crippen molar-refractivity contribution >= 4 is 0 Å². The maximum atomic E-state index is 2.63. The second-order valence-electron chi connectivity index (χ2n) is 6.86. The number of rotatable bonds is 1. The quantitative estimate of drug-likeness (QED) is 0.646. The second-order valence-corrected chi connectivity index (χ2v) is 6.86. The predicted molar refractivity (Wildman–Crippen MR) is 74.3 cm³/mol. The van der Waals surface area contributed by atoms with Crippen molar-refractivity contribution < 1.29 is 0 Å². The van der Waals surface area contributed by atoms with Crippen LogP contribution in [-0.4, -0.2) is 47.6 Å². The van der Waals surface area contributed by atoms with Gasteiger partial charge in [-0.1, -0.05) is 5.57 Å². The fraction of sp³-hybridized carbons (Fsp3) is 0.867. The highest BCUT2D eigenvalue weighted by Crippen LogP contribution is 2.30. The summed E-state index contributed by atoms with van der Waals surface area (Å²) in [5.74, 6) is 0. The lowest BCUT2D eigenvalue weighted by molar-refractivity contribution is 0.127. The molecule has 0 spiro atoms. The monoisotopic (exact) mass is 236 g/mol. The van der Waals surface area contributed by atoms with Crippen LogP contribution in [0.4, 0.5) is 0 Å². The Morgan fingerprint density at radius 1 is 0.941 bits per heavy atom. The Morgan fingerprint density at radius 3 is 2.18 bits per heavy atom. The Kier molecular flexibility index (Phi) is 3.65. The Labute approximate surface area is 107 Å². The molecule has 0 aromatic rings. The van der Waals surface area contributed by atoms with Gasteiger partial charge < -0.3 is 0 Å². The lowest BCUT2D eigenvalue weighted by Crippen LogP contribution is -2.49. The van der Waals surface area contributed by atoms with Crippen molar-refractivity contribution in [2.75, 3.05) is 26.2 Å². The number of hydrogen-bond donors (Lipinski definition) is 0. The zero-order valence-corrected chi connectivity index (χ0v) is 12.2. The summed E-state index contributed by atoms with van der Waals surface area (Å²) in [7, 11) is 0. The van der Waals surface area contributed by atoms with Crippen LogP contribution in [0.3, 0.4) is 0 Å². The first-order chi connectivity index (χ1) is 7.88. The minimum atomic E-state index is 0.318. The van der Waals surface area contributed by atoms with Gasteiger partial charge in [-0.25, -0.2) is 0 Å². The normalized spacial score (nSPS) is 24.4. The summed E-state index contributed by atoms with van der Waals surface area (Å²) in [6, 6.07) is 0.689. The molecule has 0 saturated heterocycles. The van der Waals surface area contributed by atoms with Crippen molar-refractivity contribution in [1.29, 1.82) is 0 Å². The summed E-state index contributed by atoms with van der Waals surface area (Å²) in [5, 5.41) is 0. The minimum absolute atomic E-state index is 0.318. The van der Waals surface area contributed by atoms with Crippen LogP contribution in [0.5, 0.6) is 0 Å². The molecule has 0 aromatic heterocycles. The maximum Gasteiger partial charge on any atom is 0.0213 e. The van der Waals surface area contributed by atoms with Gasteiger partial charge in [-0.3, -0.25) is 9.80 Å². The van der Waals surface area contributed by atoms with Gasteiger partial charge in [0.15, 0.2) is 0 Å². The molecule has 2 aliphatic heterocycles. The Bertz CT molecular complexity index is 309. The minimum Gasteiger partial charge on any atom is -0.297 e. The summed E-state index contributed by atoms with van der Waals surface area (Å²) >= 11 is 0. The van der Waals surface area contributed by atoms with Crippen molar-refractivity contribution in [3.8, 4) is 0 Å². The largest absolute Gasteiger partial charge is 0.297 e. The van der Waals surface area contributed by atoms with Crippen molar-refractivity contribution in [1.82, 2.24) is 9.80 Å². The highest BCUT2D eigenvalue weighted by molar-refractivity contribution is 5.24. The van der Waals surface area contributed by atoms with Gasteiger partial charge in [0.05, 0.1) is 0 Å².